The standard InChI is InChI=1S/C16H19N3O3S/c1-9-13-15(10-6-5-7-11(21-3)14(10)22-4)23-8-12(20)17-16(13)19(2)18-9/h5-7,15H,8H2,1-4H3,(H,17,20). The third-order valence-electron chi connectivity index (χ3n) is 3.89. The zero-order valence-electron chi connectivity index (χ0n) is 13.5. The number of aromatic nitrogens is 2. The molecule has 3 rings (SSSR count). The van der Waals surface area contributed by atoms with Crippen LogP contribution in [0.1, 0.15) is 22.1 Å². The second kappa shape index (κ2) is 6.16. The van der Waals surface area contributed by atoms with E-state index in [1.54, 1.807) is 30.7 Å². The van der Waals surface area contributed by atoms with Gasteiger partial charge < -0.3 is 14.8 Å². The molecule has 1 aromatic carbocycles. The molecule has 1 aliphatic heterocycles. The van der Waals surface area contributed by atoms with Gasteiger partial charge in [-0.1, -0.05) is 12.1 Å². The number of methoxy groups -OCH3 is 2. The number of fused-ring (bicyclic) bond motifs is 1. The number of nitrogens with zero attached hydrogens (tertiary/aromatic N) is 2. The van der Waals surface area contributed by atoms with Crippen molar-refractivity contribution in [2.45, 2.75) is 12.2 Å². The Kier molecular flexibility index (Phi) is 4.21. The first kappa shape index (κ1) is 15.7. The van der Waals surface area contributed by atoms with Gasteiger partial charge in [0.2, 0.25) is 5.91 Å². The van der Waals surface area contributed by atoms with E-state index in [4.69, 9.17) is 9.47 Å². The molecule has 2 aromatic rings. The van der Waals surface area contributed by atoms with Gasteiger partial charge in [0.15, 0.2) is 11.5 Å². The molecule has 1 aromatic heterocycles. The lowest BCUT2D eigenvalue weighted by Gasteiger charge is -2.19. The average molecular weight is 333 g/mol. The number of carbonyl (C=O) groups is 1. The van der Waals surface area contributed by atoms with Gasteiger partial charge in [-0.2, -0.15) is 5.10 Å². The summed E-state index contributed by atoms with van der Waals surface area (Å²) in [5.41, 5.74) is 2.88. The van der Waals surface area contributed by atoms with E-state index in [-0.39, 0.29) is 11.2 Å². The van der Waals surface area contributed by atoms with Crippen molar-refractivity contribution in [3.63, 3.8) is 0 Å². The molecule has 1 unspecified atom stereocenters. The third kappa shape index (κ3) is 2.65. The van der Waals surface area contributed by atoms with Crippen molar-refractivity contribution in [1.82, 2.24) is 9.78 Å². The number of hydrogen-bond acceptors (Lipinski definition) is 5. The van der Waals surface area contributed by atoms with Gasteiger partial charge in [0, 0.05) is 18.2 Å². The summed E-state index contributed by atoms with van der Waals surface area (Å²) in [4.78, 5) is 12.0. The highest BCUT2D eigenvalue weighted by atomic mass is 32.2. The number of carbonyl (C=O) groups excluding carboxylic acids is 1. The number of thioether (sulfide) groups is 1. The molecule has 1 N–H and O–H groups in total. The van der Waals surface area contributed by atoms with Gasteiger partial charge in [-0.25, -0.2) is 0 Å². The zero-order valence-corrected chi connectivity index (χ0v) is 14.4. The first-order valence-corrected chi connectivity index (χ1v) is 8.27. The molecule has 1 atom stereocenters. The van der Waals surface area contributed by atoms with Crippen LogP contribution >= 0.6 is 11.8 Å². The van der Waals surface area contributed by atoms with Crippen LogP contribution in [0.4, 0.5) is 5.82 Å². The third-order valence-corrected chi connectivity index (χ3v) is 5.14. The fourth-order valence-electron chi connectivity index (χ4n) is 2.91. The van der Waals surface area contributed by atoms with Crippen LogP contribution in [0.2, 0.25) is 0 Å². The van der Waals surface area contributed by atoms with E-state index in [9.17, 15) is 4.79 Å². The average Bonchev–Trinajstić information content (AvgIpc) is 2.72. The summed E-state index contributed by atoms with van der Waals surface area (Å²) in [5, 5.41) is 7.35. The highest BCUT2D eigenvalue weighted by Crippen LogP contribution is 2.47. The van der Waals surface area contributed by atoms with Crippen molar-refractivity contribution in [1.29, 1.82) is 0 Å². The molecule has 0 aliphatic carbocycles. The van der Waals surface area contributed by atoms with Gasteiger partial charge in [-0.05, 0) is 13.0 Å². The second-order valence-electron chi connectivity index (χ2n) is 5.29. The van der Waals surface area contributed by atoms with E-state index >= 15 is 0 Å². The molecule has 0 fully saturated rings. The molecule has 6 nitrogen and oxygen atoms in total. The Hall–Kier alpha value is -2.15. The lowest BCUT2D eigenvalue weighted by atomic mass is 10.0. The van der Waals surface area contributed by atoms with Crippen molar-refractivity contribution in [2.24, 2.45) is 7.05 Å². The summed E-state index contributed by atoms with van der Waals surface area (Å²) in [6, 6.07) is 5.80. The number of para-hydroxylation sites is 1. The molecule has 1 amide bonds. The van der Waals surface area contributed by atoms with E-state index in [2.05, 4.69) is 10.4 Å². The van der Waals surface area contributed by atoms with Crippen LogP contribution in [0.5, 0.6) is 11.5 Å². The van der Waals surface area contributed by atoms with E-state index < -0.39 is 0 Å². The number of hydrogen-bond donors (Lipinski definition) is 1. The minimum Gasteiger partial charge on any atom is -0.493 e. The smallest absolute Gasteiger partial charge is 0.235 e. The Balaban J connectivity index is 2.20. The maximum Gasteiger partial charge on any atom is 0.235 e. The Labute approximate surface area is 139 Å². The van der Waals surface area contributed by atoms with Crippen LogP contribution in [-0.2, 0) is 11.8 Å². The number of rotatable bonds is 3. The van der Waals surface area contributed by atoms with Gasteiger partial charge in [0.05, 0.1) is 30.9 Å². The first-order valence-electron chi connectivity index (χ1n) is 7.22. The molecule has 0 saturated heterocycles. The number of nitrogens with one attached hydrogen (secondary N) is 1. The Morgan fingerprint density at radius 3 is 2.83 bits per heavy atom. The zero-order chi connectivity index (χ0) is 16.6. The van der Waals surface area contributed by atoms with E-state index in [1.807, 2.05) is 32.2 Å². The fourth-order valence-corrected chi connectivity index (χ4v) is 4.12. The molecule has 2 heterocycles. The molecular formula is C16H19N3O3S. The topological polar surface area (TPSA) is 65.4 Å². The predicted octanol–water partition coefficient (Wildman–Crippen LogP) is 2.52. The van der Waals surface area contributed by atoms with Gasteiger partial charge in [-0.3, -0.25) is 9.48 Å². The number of ether oxygens (including phenoxy) is 2. The van der Waals surface area contributed by atoms with Crippen molar-refractivity contribution in [3.05, 3.63) is 35.0 Å². The SMILES string of the molecule is COc1cccc(C2SCC(=O)Nc3c2c(C)nn3C)c1OC. The summed E-state index contributed by atoms with van der Waals surface area (Å²) in [7, 11) is 5.08. The van der Waals surface area contributed by atoms with Crippen LogP contribution in [0.15, 0.2) is 18.2 Å². The fraction of sp³-hybridized carbons (Fsp3) is 0.375. The normalized spacial score (nSPS) is 17.2. The number of aryl methyl sites for hydroxylation is 2. The highest BCUT2D eigenvalue weighted by molar-refractivity contribution is 8.00. The highest BCUT2D eigenvalue weighted by Gasteiger charge is 2.31. The number of anilines is 1. The van der Waals surface area contributed by atoms with Gasteiger partial charge in [0.1, 0.15) is 5.82 Å². The number of amides is 1. The lowest BCUT2D eigenvalue weighted by Crippen LogP contribution is -2.15. The second-order valence-corrected chi connectivity index (χ2v) is 6.39. The monoisotopic (exact) mass is 333 g/mol. The summed E-state index contributed by atoms with van der Waals surface area (Å²) in [6.07, 6.45) is 0. The van der Waals surface area contributed by atoms with E-state index in [0.717, 1.165) is 22.6 Å². The summed E-state index contributed by atoms with van der Waals surface area (Å²) >= 11 is 1.56. The summed E-state index contributed by atoms with van der Waals surface area (Å²) in [6.45, 7) is 1.95. The molecule has 0 bridgehead atoms. The maximum absolute atomic E-state index is 12.0. The molecule has 0 spiro atoms. The Morgan fingerprint density at radius 1 is 1.35 bits per heavy atom. The minimum atomic E-state index is -0.0531. The minimum absolute atomic E-state index is 0.0244. The van der Waals surface area contributed by atoms with E-state index in [0.29, 0.717) is 17.3 Å². The van der Waals surface area contributed by atoms with Gasteiger partial charge >= 0.3 is 0 Å². The van der Waals surface area contributed by atoms with Crippen molar-refractivity contribution in [2.75, 3.05) is 25.3 Å². The quantitative estimate of drug-likeness (QED) is 0.935. The van der Waals surface area contributed by atoms with Crippen LogP contribution in [0, 0.1) is 6.92 Å². The summed E-state index contributed by atoms with van der Waals surface area (Å²) in [5.74, 6) is 2.46. The molecule has 122 valence electrons. The molecule has 1 aliphatic rings. The Bertz CT molecular complexity index is 757. The van der Waals surface area contributed by atoms with Gasteiger partial charge in [0.25, 0.3) is 0 Å². The van der Waals surface area contributed by atoms with Crippen molar-refractivity contribution >= 4 is 23.5 Å². The van der Waals surface area contributed by atoms with E-state index in [1.165, 1.54) is 0 Å². The van der Waals surface area contributed by atoms with Crippen LogP contribution < -0.4 is 14.8 Å². The van der Waals surface area contributed by atoms with Crippen molar-refractivity contribution in [3.8, 4) is 11.5 Å². The maximum atomic E-state index is 12.0. The van der Waals surface area contributed by atoms with Crippen LogP contribution in [0.25, 0.3) is 0 Å². The first-order chi connectivity index (χ1) is 11.1. The molecule has 0 radical (unpaired) electrons. The van der Waals surface area contributed by atoms with Crippen molar-refractivity contribution < 1.29 is 14.3 Å². The molecule has 0 saturated carbocycles. The predicted molar refractivity (Wildman–Crippen MR) is 90.4 cm³/mol. The number of benzene rings is 1. The van der Waals surface area contributed by atoms with Gasteiger partial charge in [-0.15, -0.1) is 11.8 Å². The lowest BCUT2D eigenvalue weighted by molar-refractivity contribution is -0.113. The molecule has 7 heteroatoms. The molecular weight excluding hydrogens is 314 g/mol. The van der Waals surface area contributed by atoms with Crippen LogP contribution in [0.3, 0.4) is 0 Å². The Morgan fingerprint density at radius 2 is 2.13 bits per heavy atom. The largest absolute Gasteiger partial charge is 0.493 e. The molecule has 23 heavy (non-hydrogen) atoms. The van der Waals surface area contributed by atoms with Crippen LogP contribution in [-0.4, -0.2) is 35.7 Å². The summed E-state index contributed by atoms with van der Waals surface area (Å²) < 4.78 is 12.7.